The van der Waals surface area contributed by atoms with Crippen molar-refractivity contribution in [1.82, 2.24) is 0 Å². The molecule has 0 aromatic carbocycles. The summed E-state index contributed by atoms with van der Waals surface area (Å²) < 4.78 is 11.1. The van der Waals surface area contributed by atoms with Crippen molar-refractivity contribution < 1.29 is 19.1 Å². The van der Waals surface area contributed by atoms with Crippen LogP contribution in [0, 0.1) is 17.8 Å². The summed E-state index contributed by atoms with van der Waals surface area (Å²) in [5.41, 5.74) is 0. The molecule has 4 heteroatoms. The number of ether oxygens (including phenoxy) is 2. The summed E-state index contributed by atoms with van der Waals surface area (Å²) in [5.74, 6) is 1.46. The Kier molecular flexibility index (Phi) is 22.9. The predicted octanol–water partition coefficient (Wildman–Crippen LogP) is 9.04. The Morgan fingerprint density at radius 2 is 0.971 bits per heavy atom. The van der Waals surface area contributed by atoms with Crippen molar-refractivity contribution >= 4 is 11.9 Å². The van der Waals surface area contributed by atoms with Crippen LogP contribution in [0.2, 0.25) is 0 Å². The minimum atomic E-state index is -0.0248. The second-order valence-electron chi connectivity index (χ2n) is 10.3. The zero-order chi connectivity index (χ0) is 25.4. The number of esters is 2. The molecule has 0 radical (unpaired) electrons. The SMILES string of the molecule is CCCCC(CC)COC(=O)CCCCCCCCC(CC)CC(=O)OCC(CC)CCCC. The average molecular weight is 483 g/mol. The first-order valence-electron chi connectivity index (χ1n) is 14.8. The van der Waals surface area contributed by atoms with Gasteiger partial charge in [0.25, 0.3) is 0 Å². The van der Waals surface area contributed by atoms with Crippen LogP contribution in [0.15, 0.2) is 0 Å². The van der Waals surface area contributed by atoms with Gasteiger partial charge in [-0.3, -0.25) is 9.59 Å². The van der Waals surface area contributed by atoms with Crippen molar-refractivity contribution in [2.24, 2.45) is 17.8 Å². The number of hydrogen-bond acceptors (Lipinski definition) is 4. The average Bonchev–Trinajstić information content (AvgIpc) is 2.85. The lowest BCUT2D eigenvalue weighted by molar-refractivity contribution is -0.146. The van der Waals surface area contributed by atoms with Crippen molar-refractivity contribution in [2.45, 2.75) is 150 Å². The van der Waals surface area contributed by atoms with E-state index in [-0.39, 0.29) is 11.9 Å². The van der Waals surface area contributed by atoms with E-state index >= 15 is 0 Å². The molecule has 0 saturated heterocycles. The predicted molar refractivity (Wildman–Crippen MR) is 144 cm³/mol. The van der Waals surface area contributed by atoms with Gasteiger partial charge in [-0.25, -0.2) is 0 Å². The highest BCUT2D eigenvalue weighted by atomic mass is 16.5. The van der Waals surface area contributed by atoms with Gasteiger partial charge in [0.05, 0.1) is 13.2 Å². The Balaban J connectivity index is 3.77. The first-order chi connectivity index (χ1) is 16.5. The molecule has 0 aliphatic heterocycles. The summed E-state index contributed by atoms with van der Waals surface area (Å²) in [5, 5.41) is 0. The molecule has 202 valence electrons. The van der Waals surface area contributed by atoms with Crippen LogP contribution in [0.3, 0.4) is 0 Å². The van der Waals surface area contributed by atoms with E-state index in [4.69, 9.17) is 9.47 Å². The lowest BCUT2D eigenvalue weighted by Gasteiger charge is -2.17. The summed E-state index contributed by atoms with van der Waals surface area (Å²) in [6.45, 7) is 12.1. The van der Waals surface area contributed by atoms with Gasteiger partial charge in [-0.05, 0) is 43.4 Å². The second kappa shape index (κ2) is 23.7. The molecule has 0 saturated carbocycles. The first-order valence-corrected chi connectivity index (χ1v) is 14.8. The zero-order valence-corrected chi connectivity index (χ0v) is 23.5. The van der Waals surface area contributed by atoms with Gasteiger partial charge in [0.15, 0.2) is 0 Å². The first kappa shape index (κ1) is 32.9. The van der Waals surface area contributed by atoms with Crippen LogP contribution in [-0.4, -0.2) is 25.2 Å². The molecule has 0 spiro atoms. The van der Waals surface area contributed by atoms with Crippen LogP contribution in [0.5, 0.6) is 0 Å². The Hall–Kier alpha value is -1.06. The lowest BCUT2D eigenvalue weighted by Crippen LogP contribution is -2.16. The fourth-order valence-electron chi connectivity index (χ4n) is 4.44. The van der Waals surface area contributed by atoms with Crippen LogP contribution >= 0.6 is 0 Å². The normalized spacial score (nSPS) is 13.9. The molecular formula is C30H58O4. The van der Waals surface area contributed by atoms with Gasteiger partial charge in [0.2, 0.25) is 0 Å². The standard InChI is InChI=1S/C30H58O4/c1-6-11-19-27(9-4)24-33-29(31)22-18-16-14-13-15-17-21-26(8-3)23-30(32)34-25-28(10-5)20-12-7-2/h26-28H,6-25H2,1-5H3. The minimum Gasteiger partial charge on any atom is -0.465 e. The van der Waals surface area contributed by atoms with E-state index in [1.54, 1.807) is 0 Å². The molecule has 0 aliphatic rings. The summed E-state index contributed by atoms with van der Waals surface area (Å²) >= 11 is 0. The maximum Gasteiger partial charge on any atom is 0.306 e. The molecule has 0 heterocycles. The van der Waals surface area contributed by atoms with E-state index in [0.29, 0.717) is 43.8 Å². The summed E-state index contributed by atoms with van der Waals surface area (Å²) in [6.07, 6.45) is 19.4. The van der Waals surface area contributed by atoms with Crippen LogP contribution in [0.25, 0.3) is 0 Å². The molecule has 0 fully saturated rings. The molecule has 0 aromatic heterocycles. The van der Waals surface area contributed by atoms with Crippen molar-refractivity contribution in [3.8, 4) is 0 Å². The van der Waals surface area contributed by atoms with Crippen molar-refractivity contribution in [3.05, 3.63) is 0 Å². The molecule has 0 bridgehead atoms. The van der Waals surface area contributed by atoms with Crippen LogP contribution in [0.1, 0.15) is 150 Å². The number of rotatable bonds is 24. The smallest absolute Gasteiger partial charge is 0.306 e. The van der Waals surface area contributed by atoms with E-state index in [9.17, 15) is 9.59 Å². The maximum absolute atomic E-state index is 12.3. The quantitative estimate of drug-likeness (QED) is 0.102. The zero-order valence-electron chi connectivity index (χ0n) is 23.5. The third-order valence-corrected chi connectivity index (χ3v) is 7.32. The molecule has 0 rings (SSSR count). The Labute approximate surface area is 212 Å². The van der Waals surface area contributed by atoms with Gasteiger partial charge in [0, 0.05) is 12.8 Å². The lowest BCUT2D eigenvalue weighted by atomic mass is 9.94. The molecular weight excluding hydrogens is 424 g/mol. The van der Waals surface area contributed by atoms with E-state index in [2.05, 4.69) is 34.6 Å². The highest BCUT2D eigenvalue weighted by molar-refractivity contribution is 5.69. The van der Waals surface area contributed by atoms with E-state index < -0.39 is 0 Å². The fourth-order valence-corrected chi connectivity index (χ4v) is 4.44. The highest BCUT2D eigenvalue weighted by Crippen LogP contribution is 2.20. The number of unbranched alkanes of at least 4 members (excludes halogenated alkanes) is 7. The monoisotopic (exact) mass is 482 g/mol. The largest absolute Gasteiger partial charge is 0.465 e. The molecule has 4 nitrogen and oxygen atoms in total. The van der Waals surface area contributed by atoms with E-state index in [0.717, 1.165) is 44.9 Å². The van der Waals surface area contributed by atoms with Crippen molar-refractivity contribution in [3.63, 3.8) is 0 Å². The molecule has 3 atom stereocenters. The maximum atomic E-state index is 12.3. The van der Waals surface area contributed by atoms with Crippen LogP contribution in [-0.2, 0) is 19.1 Å². The minimum absolute atomic E-state index is 0.00990. The van der Waals surface area contributed by atoms with Gasteiger partial charge in [-0.1, -0.05) is 112 Å². The summed E-state index contributed by atoms with van der Waals surface area (Å²) in [7, 11) is 0. The highest BCUT2D eigenvalue weighted by Gasteiger charge is 2.15. The molecule has 3 unspecified atom stereocenters. The third kappa shape index (κ3) is 19.3. The Morgan fingerprint density at radius 3 is 1.47 bits per heavy atom. The topological polar surface area (TPSA) is 52.6 Å². The number of carbonyl (C=O) groups is 2. The van der Waals surface area contributed by atoms with Gasteiger partial charge in [-0.2, -0.15) is 0 Å². The van der Waals surface area contributed by atoms with Gasteiger partial charge in [-0.15, -0.1) is 0 Å². The Bertz CT molecular complexity index is 476. The summed E-state index contributed by atoms with van der Waals surface area (Å²) in [4.78, 5) is 24.2. The van der Waals surface area contributed by atoms with E-state index in [1.807, 2.05) is 0 Å². The number of carbonyl (C=O) groups excluding carboxylic acids is 2. The molecule has 0 aromatic rings. The van der Waals surface area contributed by atoms with Gasteiger partial charge >= 0.3 is 11.9 Å². The number of hydrogen-bond donors (Lipinski definition) is 0. The van der Waals surface area contributed by atoms with Crippen LogP contribution < -0.4 is 0 Å². The van der Waals surface area contributed by atoms with Crippen molar-refractivity contribution in [1.29, 1.82) is 0 Å². The van der Waals surface area contributed by atoms with Gasteiger partial charge < -0.3 is 9.47 Å². The fraction of sp³-hybridized carbons (Fsp3) is 0.933. The Morgan fingerprint density at radius 1 is 0.529 bits per heavy atom. The molecule has 0 aliphatic carbocycles. The molecule has 0 amide bonds. The molecule has 34 heavy (non-hydrogen) atoms. The van der Waals surface area contributed by atoms with Gasteiger partial charge in [0.1, 0.15) is 0 Å². The van der Waals surface area contributed by atoms with Crippen LogP contribution in [0.4, 0.5) is 0 Å². The molecule has 0 N–H and O–H groups in total. The third-order valence-electron chi connectivity index (χ3n) is 7.32. The van der Waals surface area contributed by atoms with E-state index in [1.165, 1.54) is 57.8 Å². The second-order valence-corrected chi connectivity index (χ2v) is 10.3. The summed E-state index contributed by atoms with van der Waals surface area (Å²) in [6, 6.07) is 0. The van der Waals surface area contributed by atoms with Crippen molar-refractivity contribution in [2.75, 3.05) is 13.2 Å².